The molecule has 0 spiro atoms. The van der Waals surface area contributed by atoms with E-state index in [1.54, 1.807) is 0 Å². The Labute approximate surface area is 123 Å². The molecule has 3 atom stereocenters. The Bertz CT molecular complexity index is 305. The third-order valence-electron chi connectivity index (χ3n) is 5.61. The van der Waals surface area contributed by atoms with Crippen molar-refractivity contribution >= 4 is 11.8 Å². The first kappa shape index (κ1) is 14.2. The Hall–Kier alpha value is 0.270. The number of rotatable bonds is 3. The summed E-state index contributed by atoms with van der Waals surface area (Å²) in [5.74, 6) is 0.952. The van der Waals surface area contributed by atoms with Crippen LogP contribution >= 0.6 is 11.8 Å². The van der Waals surface area contributed by atoms with Crippen molar-refractivity contribution in [3.8, 4) is 0 Å². The quantitative estimate of drug-likeness (QED) is 0.856. The molecule has 2 aliphatic carbocycles. The lowest BCUT2D eigenvalue weighted by molar-refractivity contribution is 0.125. The summed E-state index contributed by atoms with van der Waals surface area (Å²) in [5.41, 5.74) is 0.406. The lowest BCUT2D eigenvalue weighted by Gasteiger charge is -2.41. The molecule has 0 radical (unpaired) electrons. The highest BCUT2D eigenvalue weighted by Gasteiger charge is 2.44. The van der Waals surface area contributed by atoms with Gasteiger partial charge in [0.1, 0.15) is 0 Å². The monoisotopic (exact) mass is 282 g/mol. The van der Waals surface area contributed by atoms with Crippen LogP contribution in [-0.2, 0) is 0 Å². The minimum Gasteiger partial charge on any atom is -0.310 e. The summed E-state index contributed by atoms with van der Waals surface area (Å²) < 4.78 is 0. The van der Waals surface area contributed by atoms with Gasteiger partial charge in [-0.05, 0) is 70.7 Å². The van der Waals surface area contributed by atoms with Crippen LogP contribution in [0.5, 0.6) is 0 Å². The Kier molecular flexibility index (Phi) is 4.45. The van der Waals surface area contributed by atoms with Crippen LogP contribution < -0.4 is 5.32 Å². The molecule has 3 heteroatoms. The van der Waals surface area contributed by atoms with Gasteiger partial charge in [0.2, 0.25) is 0 Å². The second-order valence-corrected chi connectivity index (χ2v) is 8.26. The zero-order valence-corrected chi connectivity index (χ0v) is 13.5. The Morgan fingerprint density at radius 1 is 1.16 bits per heavy atom. The van der Waals surface area contributed by atoms with Crippen molar-refractivity contribution in [3.05, 3.63) is 0 Å². The highest BCUT2D eigenvalue weighted by molar-refractivity contribution is 7.99. The molecular formula is C16H30N2S. The van der Waals surface area contributed by atoms with Gasteiger partial charge in [-0.2, -0.15) is 11.8 Å². The Morgan fingerprint density at radius 2 is 2.00 bits per heavy atom. The first-order chi connectivity index (χ1) is 9.21. The fourth-order valence-electron chi connectivity index (χ4n) is 4.18. The van der Waals surface area contributed by atoms with Crippen LogP contribution in [0.3, 0.4) is 0 Å². The SMILES string of the molecule is CSC1CCCC(N2CCCNC(C)(C3CC3)C2)C1. The van der Waals surface area contributed by atoms with Crippen molar-refractivity contribution < 1.29 is 0 Å². The predicted octanol–water partition coefficient (Wildman–Crippen LogP) is 3.12. The van der Waals surface area contributed by atoms with Crippen LogP contribution in [0.25, 0.3) is 0 Å². The van der Waals surface area contributed by atoms with Crippen molar-refractivity contribution in [1.29, 1.82) is 0 Å². The van der Waals surface area contributed by atoms with Gasteiger partial charge in [0, 0.05) is 23.4 Å². The van der Waals surface area contributed by atoms with E-state index < -0.39 is 0 Å². The van der Waals surface area contributed by atoms with Crippen LogP contribution in [0.15, 0.2) is 0 Å². The van der Waals surface area contributed by atoms with Crippen LogP contribution in [0, 0.1) is 5.92 Å². The molecule has 1 aliphatic heterocycles. The largest absolute Gasteiger partial charge is 0.310 e. The first-order valence-corrected chi connectivity index (χ1v) is 9.52. The number of thioether (sulfide) groups is 1. The van der Waals surface area contributed by atoms with Crippen LogP contribution in [0.4, 0.5) is 0 Å². The van der Waals surface area contributed by atoms with E-state index in [-0.39, 0.29) is 0 Å². The predicted molar refractivity (Wildman–Crippen MR) is 84.9 cm³/mol. The van der Waals surface area contributed by atoms with Crippen LogP contribution in [0.2, 0.25) is 0 Å². The van der Waals surface area contributed by atoms with E-state index in [0.717, 1.165) is 17.2 Å². The fraction of sp³-hybridized carbons (Fsp3) is 1.00. The number of nitrogens with one attached hydrogen (secondary N) is 1. The molecule has 3 rings (SSSR count). The van der Waals surface area contributed by atoms with E-state index in [0.29, 0.717) is 5.54 Å². The molecule has 0 aromatic rings. The molecule has 3 fully saturated rings. The third-order valence-corrected chi connectivity index (χ3v) is 6.70. The van der Waals surface area contributed by atoms with Gasteiger partial charge < -0.3 is 5.32 Å². The number of hydrogen-bond donors (Lipinski definition) is 1. The van der Waals surface area contributed by atoms with Gasteiger partial charge in [-0.1, -0.05) is 6.42 Å². The molecule has 2 nitrogen and oxygen atoms in total. The van der Waals surface area contributed by atoms with Gasteiger partial charge in [-0.25, -0.2) is 0 Å². The Morgan fingerprint density at radius 3 is 2.74 bits per heavy atom. The molecule has 0 amide bonds. The van der Waals surface area contributed by atoms with Crippen molar-refractivity contribution in [2.75, 3.05) is 25.9 Å². The zero-order valence-electron chi connectivity index (χ0n) is 12.7. The molecule has 1 N–H and O–H groups in total. The molecule has 3 unspecified atom stereocenters. The van der Waals surface area contributed by atoms with E-state index in [4.69, 9.17) is 0 Å². The summed E-state index contributed by atoms with van der Waals surface area (Å²) in [7, 11) is 0. The van der Waals surface area contributed by atoms with Crippen molar-refractivity contribution in [3.63, 3.8) is 0 Å². The Balaban J connectivity index is 1.65. The molecule has 1 heterocycles. The average molecular weight is 282 g/mol. The average Bonchev–Trinajstić information content (AvgIpc) is 3.26. The maximum Gasteiger partial charge on any atom is 0.0308 e. The van der Waals surface area contributed by atoms with Crippen LogP contribution in [-0.4, -0.2) is 47.6 Å². The second-order valence-electron chi connectivity index (χ2n) is 7.12. The maximum absolute atomic E-state index is 3.87. The van der Waals surface area contributed by atoms with Crippen LogP contribution in [0.1, 0.15) is 51.9 Å². The molecular weight excluding hydrogens is 252 g/mol. The third kappa shape index (κ3) is 3.30. The van der Waals surface area contributed by atoms with E-state index in [1.807, 2.05) is 0 Å². The van der Waals surface area contributed by atoms with E-state index in [2.05, 4.69) is 35.2 Å². The normalized spacial score (nSPS) is 42.0. The zero-order chi connectivity index (χ0) is 13.3. The highest BCUT2D eigenvalue weighted by Crippen LogP contribution is 2.41. The van der Waals surface area contributed by atoms with Gasteiger partial charge in [-0.15, -0.1) is 0 Å². The minimum absolute atomic E-state index is 0.406. The molecule has 2 saturated carbocycles. The number of hydrogen-bond acceptors (Lipinski definition) is 3. The summed E-state index contributed by atoms with van der Waals surface area (Å²) >= 11 is 2.09. The minimum atomic E-state index is 0.406. The summed E-state index contributed by atoms with van der Waals surface area (Å²) in [6.45, 7) is 6.32. The molecule has 3 aliphatic rings. The van der Waals surface area contributed by atoms with Gasteiger partial charge in [0.15, 0.2) is 0 Å². The smallest absolute Gasteiger partial charge is 0.0308 e. The molecule has 0 aromatic carbocycles. The molecule has 1 saturated heterocycles. The van der Waals surface area contributed by atoms with Gasteiger partial charge in [0.05, 0.1) is 0 Å². The molecule has 110 valence electrons. The van der Waals surface area contributed by atoms with Gasteiger partial charge >= 0.3 is 0 Å². The van der Waals surface area contributed by atoms with Crippen molar-refractivity contribution in [1.82, 2.24) is 10.2 Å². The van der Waals surface area contributed by atoms with Crippen molar-refractivity contribution in [2.24, 2.45) is 5.92 Å². The lowest BCUT2D eigenvalue weighted by Crippen LogP contribution is -2.53. The fourth-order valence-corrected chi connectivity index (χ4v) is 5.00. The highest BCUT2D eigenvalue weighted by atomic mass is 32.2. The van der Waals surface area contributed by atoms with Crippen molar-refractivity contribution in [2.45, 2.75) is 68.7 Å². The first-order valence-electron chi connectivity index (χ1n) is 8.23. The van der Waals surface area contributed by atoms with E-state index >= 15 is 0 Å². The summed E-state index contributed by atoms with van der Waals surface area (Å²) in [4.78, 5) is 2.85. The van der Waals surface area contributed by atoms with E-state index in [1.165, 1.54) is 64.6 Å². The summed E-state index contributed by atoms with van der Waals surface area (Å²) in [6.07, 6.45) is 12.3. The summed E-state index contributed by atoms with van der Waals surface area (Å²) in [5, 5.41) is 4.79. The van der Waals surface area contributed by atoms with Gasteiger partial charge in [0.25, 0.3) is 0 Å². The standard InChI is InChI=1S/C16H30N2S/c1-16(13-7-8-13)12-18(10-4-9-17-16)14-5-3-6-15(11-14)19-2/h13-15,17H,3-12H2,1-2H3. The number of nitrogens with zero attached hydrogens (tertiary/aromatic N) is 1. The topological polar surface area (TPSA) is 15.3 Å². The molecule has 0 bridgehead atoms. The lowest BCUT2D eigenvalue weighted by atomic mass is 9.90. The molecule has 19 heavy (non-hydrogen) atoms. The summed E-state index contributed by atoms with van der Waals surface area (Å²) in [6, 6.07) is 0.865. The molecule has 0 aromatic heterocycles. The maximum atomic E-state index is 3.87. The second kappa shape index (κ2) is 5.95. The van der Waals surface area contributed by atoms with E-state index in [9.17, 15) is 0 Å². The van der Waals surface area contributed by atoms with Gasteiger partial charge in [-0.3, -0.25) is 4.90 Å².